The maximum absolute atomic E-state index is 10.1. The van der Waals surface area contributed by atoms with Gasteiger partial charge in [0, 0.05) is 23.7 Å². The summed E-state index contributed by atoms with van der Waals surface area (Å²) in [6, 6.07) is 3.18. The van der Waals surface area contributed by atoms with Crippen LogP contribution >= 0.6 is 0 Å². The van der Waals surface area contributed by atoms with E-state index in [9.17, 15) is 10.2 Å². The van der Waals surface area contributed by atoms with Crippen LogP contribution in [0.1, 0.15) is 49.7 Å². The zero-order valence-corrected chi connectivity index (χ0v) is 12.7. The Labute approximate surface area is 126 Å². The monoisotopic (exact) mass is 287 g/mol. The molecule has 4 aliphatic carbocycles. The number of nitrogens with one attached hydrogen (secondary N) is 1. The number of hydrogen-bond donors (Lipinski definition) is 3. The smallest absolute Gasteiger partial charge is 0.124 e. The first-order chi connectivity index (χ1) is 10.0. The van der Waals surface area contributed by atoms with Gasteiger partial charge >= 0.3 is 0 Å². The number of hydrogen-bond acceptors (Lipinski definition) is 3. The van der Waals surface area contributed by atoms with Crippen LogP contribution in [0.2, 0.25) is 0 Å². The van der Waals surface area contributed by atoms with Crippen molar-refractivity contribution in [2.45, 2.75) is 57.5 Å². The second-order valence-electron chi connectivity index (χ2n) is 7.81. The average Bonchev–Trinajstić information content (AvgIpc) is 2.35. The average molecular weight is 287 g/mol. The van der Waals surface area contributed by atoms with Crippen LogP contribution in [-0.2, 0) is 6.54 Å². The highest BCUT2D eigenvalue weighted by Gasteiger charge is 2.50. The molecule has 0 aromatic heterocycles. The standard InChI is InChI=1S/C18H25NO2/c1-11-2-15(20)6-17(21)16(11)10-19-18-7-12-3-13(8-18)5-14(4-12)9-18/h2,6,12-14,19-21H,3-5,7-10H2,1H3. The minimum Gasteiger partial charge on any atom is -0.508 e. The van der Waals surface area contributed by atoms with E-state index in [0.29, 0.717) is 12.1 Å². The molecule has 4 saturated carbocycles. The Kier molecular flexibility index (Phi) is 2.97. The summed E-state index contributed by atoms with van der Waals surface area (Å²) < 4.78 is 0. The summed E-state index contributed by atoms with van der Waals surface area (Å²) in [5.41, 5.74) is 2.21. The molecular weight excluding hydrogens is 262 g/mol. The third-order valence-electron chi connectivity index (χ3n) is 6.11. The van der Waals surface area contributed by atoms with Gasteiger partial charge in [0.05, 0.1) is 0 Å². The van der Waals surface area contributed by atoms with Gasteiger partial charge in [-0.1, -0.05) is 0 Å². The van der Waals surface area contributed by atoms with E-state index in [1.54, 1.807) is 6.07 Å². The lowest BCUT2D eigenvalue weighted by atomic mass is 9.53. The fourth-order valence-electron chi connectivity index (χ4n) is 5.61. The van der Waals surface area contributed by atoms with Crippen LogP contribution in [0.15, 0.2) is 12.1 Å². The topological polar surface area (TPSA) is 52.5 Å². The molecule has 1 aromatic carbocycles. The van der Waals surface area contributed by atoms with Gasteiger partial charge < -0.3 is 15.5 Å². The van der Waals surface area contributed by atoms with E-state index in [0.717, 1.165) is 28.9 Å². The van der Waals surface area contributed by atoms with Gasteiger partial charge in [0.2, 0.25) is 0 Å². The fraction of sp³-hybridized carbons (Fsp3) is 0.667. The predicted molar refractivity (Wildman–Crippen MR) is 82.3 cm³/mol. The van der Waals surface area contributed by atoms with E-state index in [4.69, 9.17) is 0 Å². The number of aryl methyl sites for hydroxylation is 1. The molecule has 21 heavy (non-hydrogen) atoms. The molecule has 0 aliphatic heterocycles. The Bertz CT molecular complexity index is 508. The highest BCUT2D eigenvalue weighted by Crippen LogP contribution is 2.55. The second-order valence-corrected chi connectivity index (χ2v) is 7.81. The Morgan fingerprint density at radius 3 is 2.14 bits per heavy atom. The number of aromatic hydroxyl groups is 2. The Morgan fingerprint density at radius 2 is 1.62 bits per heavy atom. The molecule has 4 aliphatic rings. The lowest BCUT2D eigenvalue weighted by molar-refractivity contribution is -0.0206. The summed E-state index contributed by atoms with van der Waals surface area (Å²) in [7, 11) is 0. The number of phenols is 2. The summed E-state index contributed by atoms with van der Waals surface area (Å²) in [4.78, 5) is 0. The zero-order chi connectivity index (χ0) is 14.6. The van der Waals surface area contributed by atoms with Crippen molar-refractivity contribution < 1.29 is 10.2 Å². The lowest BCUT2D eigenvalue weighted by Gasteiger charge is -2.57. The molecule has 0 spiro atoms. The Hall–Kier alpha value is -1.22. The van der Waals surface area contributed by atoms with Crippen LogP contribution in [-0.4, -0.2) is 15.8 Å². The van der Waals surface area contributed by atoms with Crippen molar-refractivity contribution >= 4 is 0 Å². The first-order valence-electron chi connectivity index (χ1n) is 8.29. The van der Waals surface area contributed by atoms with E-state index < -0.39 is 0 Å². The molecule has 5 rings (SSSR count). The van der Waals surface area contributed by atoms with Crippen molar-refractivity contribution in [2.75, 3.05) is 0 Å². The van der Waals surface area contributed by atoms with Gasteiger partial charge in [-0.3, -0.25) is 0 Å². The van der Waals surface area contributed by atoms with Gasteiger partial charge in [-0.2, -0.15) is 0 Å². The number of benzene rings is 1. The SMILES string of the molecule is Cc1cc(O)cc(O)c1CNC12CC3CC(CC(C3)C1)C2. The summed E-state index contributed by atoms with van der Waals surface area (Å²) in [5, 5.41) is 23.4. The van der Waals surface area contributed by atoms with Gasteiger partial charge in [0.1, 0.15) is 11.5 Å². The van der Waals surface area contributed by atoms with Gasteiger partial charge in [-0.05, 0) is 74.8 Å². The third kappa shape index (κ3) is 2.32. The summed E-state index contributed by atoms with van der Waals surface area (Å²) in [5.74, 6) is 3.14. The Balaban J connectivity index is 1.52. The van der Waals surface area contributed by atoms with Crippen molar-refractivity contribution in [3.8, 4) is 11.5 Å². The maximum atomic E-state index is 10.1. The molecule has 3 N–H and O–H groups in total. The number of rotatable bonds is 3. The van der Waals surface area contributed by atoms with Gasteiger partial charge in [-0.15, -0.1) is 0 Å². The van der Waals surface area contributed by atoms with Crippen molar-refractivity contribution in [1.29, 1.82) is 0 Å². The van der Waals surface area contributed by atoms with E-state index in [-0.39, 0.29) is 11.5 Å². The van der Waals surface area contributed by atoms with E-state index in [1.165, 1.54) is 44.6 Å². The molecule has 0 saturated heterocycles. The van der Waals surface area contributed by atoms with Crippen LogP contribution < -0.4 is 5.32 Å². The molecule has 0 radical (unpaired) electrons. The van der Waals surface area contributed by atoms with Crippen molar-refractivity contribution in [2.24, 2.45) is 17.8 Å². The Morgan fingerprint density at radius 1 is 1.05 bits per heavy atom. The van der Waals surface area contributed by atoms with Crippen molar-refractivity contribution in [3.05, 3.63) is 23.3 Å². The van der Waals surface area contributed by atoms with Crippen LogP contribution in [0.25, 0.3) is 0 Å². The lowest BCUT2D eigenvalue weighted by Crippen LogP contribution is -2.58. The normalized spacial score (nSPS) is 37.1. The molecule has 0 amide bonds. The molecule has 4 bridgehead atoms. The largest absolute Gasteiger partial charge is 0.508 e. The second kappa shape index (κ2) is 4.64. The molecule has 4 fully saturated rings. The summed E-state index contributed by atoms with van der Waals surface area (Å²) >= 11 is 0. The quantitative estimate of drug-likeness (QED) is 0.798. The molecule has 0 atom stereocenters. The number of phenolic OH excluding ortho intramolecular Hbond substituents is 2. The minimum atomic E-state index is 0.142. The minimum absolute atomic E-state index is 0.142. The first-order valence-corrected chi connectivity index (χ1v) is 8.29. The molecule has 3 nitrogen and oxygen atoms in total. The van der Waals surface area contributed by atoms with E-state index in [1.807, 2.05) is 6.92 Å². The van der Waals surface area contributed by atoms with Crippen LogP contribution in [0, 0.1) is 24.7 Å². The molecule has 0 heterocycles. The predicted octanol–water partition coefficient (Wildman–Crippen LogP) is 3.46. The van der Waals surface area contributed by atoms with E-state index in [2.05, 4.69) is 5.32 Å². The highest BCUT2D eigenvalue weighted by atomic mass is 16.3. The van der Waals surface area contributed by atoms with Crippen molar-refractivity contribution in [3.63, 3.8) is 0 Å². The van der Waals surface area contributed by atoms with Crippen LogP contribution in [0.4, 0.5) is 0 Å². The zero-order valence-electron chi connectivity index (χ0n) is 12.7. The maximum Gasteiger partial charge on any atom is 0.124 e. The van der Waals surface area contributed by atoms with Gasteiger partial charge in [-0.25, -0.2) is 0 Å². The fourth-order valence-corrected chi connectivity index (χ4v) is 5.61. The molecule has 3 heteroatoms. The highest BCUT2D eigenvalue weighted by molar-refractivity contribution is 5.44. The molecular formula is C18H25NO2. The first kappa shape index (κ1) is 13.4. The van der Waals surface area contributed by atoms with Crippen LogP contribution in [0.5, 0.6) is 11.5 Å². The summed E-state index contributed by atoms with van der Waals surface area (Å²) in [6.45, 7) is 2.67. The van der Waals surface area contributed by atoms with Crippen molar-refractivity contribution in [1.82, 2.24) is 5.32 Å². The summed E-state index contributed by atoms with van der Waals surface area (Å²) in [6.07, 6.45) is 8.30. The molecule has 1 aromatic rings. The van der Waals surface area contributed by atoms with E-state index >= 15 is 0 Å². The third-order valence-corrected chi connectivity index (χ3v) is 6.11. The van der Waals surface area contributed by atoms with Gasteiger partial charge in [0.15, 0.2) is 0 Å². The van der Waals surface area contributed by atoms with Crippen LogP contribution in [0.3, 0.4) is 0 Å². The molecule has 114 valence electrons. The van der Waals surface area contributed by atoms with Gasteiger partial charge in [0.25, 0.3) is 0 Å². The molecule has 0 unspecified atom stereocenters.